The second kappa shape index (κ2) is 18.9. The van der Waals surface area contributed by atoms with Gasteiger partial charge in [-0.1, -0.05) is 143 Å². The van der Waals surface area contributed by atoms with Crippen LogP contribution in [0.5, 0.6) is 0 Å². The number of ketones is 1. The second-order valence-corrected chi connectivity index (χ2v) is 21.7. The number of Topliss-reactive ketones (excluding diaryl/α,β-unsaturated/α-hetero) is 1. The number of carbonyl (C=O) groups is 5. The summed E-state index contributed by atoms with van der Waals surface area (Å²) in [4.78, 5) is 71.6. The minimum Gasteiger partial charge on any atom is -0.398 e. The van der Waals surface area contributed by atoms with E-state index in [2.05, 4.69) is 61.0 Å². The molecule has 2 heterocycles. The number of hydrogen-bond acceptors (Lipinski definition) is 6. The normalized spacial score (nSPS) is 22.4. The van der Waals surface area contributed by atoms with E-state index in [-0.39, 0.29) is 42.4 Å². The molecule has 4 amide bonds. The van der Waals surface area contributed by atoms with E-state index in [1.807, 2.05) is 91.9 Å². The highest BCUT2D eigenvalue weighted by Crippen LogP contribution is 2.37. The van der Waals surface area contributed by atoms with Crippen LogP contribution < -0.4 is 26.3 Å². The first kappa shape index (κ1) is 44.2. The molecular weight excluding hydrogens is 769 g/mol. The molecule has 0 aromatic heterocycles. The fourth-order valence-corrected chi connectivity index (χ4v) is 13.4. The van der Waals surface area contributed by atoms with Crippen molar-refractivity contribution in [2.24, 2.45) is 0 Å². The fraction of sp³-hybridized carbons (Fsp3) is 0.408. The van der Waals surface area contributed by atoms with Crippen LogP contribution in [0.25, 0.3) is 10.8 Å². The van der Waals surface area contributed by atoms with E-state index >= 15 is 0 Å². The van der Waals surface area contributed by atoms with E-state index in [1.54, 1.807) is 24.8 Å². The Bertz CT molecular complexity index is 2160. The molecular formula is C49H60N4O6Si. The van der Waals surface area contributed by atoms with E-state index in [0.717, 1.165) is 26.7 Å². The molecule has 0 spiro atoms. The molecule has 0 bridgehead atoms. The molecule has 60 heavy (non-hydrogen) atoms. The van der Waals surface area contributed by atoms with Crippen LogP contribution in [-0.4, -0.2) is 78.9 Å². The number of fused-ring (bicyclic) bond motifs is 2. The Morgan fingerprint density at radius 1 is 0.850 bits per heavy atom. The van der Waals surface area contributed by atoms with Crippen LogP contribution >= 0.6 is 0 Å². The van der Waals surface area contributed by atoms with E-state index < -0.39 is 55.8 Å². The SMILES string of the molecule is CC[C@]1(C)NC(=O)[C@H](CCC=CCC(=O)[C@@H](C)O[Si](c2ccccc2)(c2ccccc2)C(C)(C)C)NC(=O)[C@H]2CCCN2C(=O)C(Cc2cccc3ccccc23)NC1=O. The first-order valence-corrected chi connectivity index (χ1v) is 23.3. The number of hydrogen-bond donors (Lipinski definition) is 3. The predicted octanol–water partition coefficient (Wildman–Crippen LogP) is 5.90. The zero-order valence-corrected chi connectivity index (χ0v) is 36.8. The Hall–Kier alpha value is -5.39. The van der Waals surface area contributed by atoms with Crippen molar-refractivity contribution >= 4 is 58.9 Å². The Kier molecular flexibility index (Phi) is 13.9. The van der Waals surface area contributed by atoms with Crippen molar-refractivity contribution in [1.29, 1.82) is 0 Å². The number of carbonyl (C=O) groups excluding carboxylic acids is 5. The highest BCUT2D eigenvalue weighted by Gasteiger charge is 2.51. The molecule has 3 N–H and O–H groups in total. The van der Waals surface area contributed by atoms with Crippen LogP contribution in [-0.2, 0) is 34.8 Å². The maximum Gasteiger partial charge on any atom is 0.262 e. The zero-order valence-electron chi connectivity index (χ0n) is 35.8. The van der Waals surface area contributed by atoms with E-state index in [1.165, 1.54) is 0 Å². The van der Waals surface area contributed by atoms with Gasteiger partial charge in [0.2, 0.25) is 23.6 Å². The van der Waals surface area contributed by atoms with Crippen molar-refractivity contribution < 1.29 is 28.4 Å². The van der Waals surface area contributed by atoms with Crippen molar-refractivity contribution in [3.63, 3.8) is 0 Å². The largest absolute Gasteiger partial charge is 0.398 e. The summed E-state index contributed by atoms with van der Waals surface area (Å²) in [5.41, 5.74) is -0.456. The minimum absolute atomic E-state index is 0.0641. The predicted molar refractivity (Wildman–Crippen MR) is 239 cm³/mol. The van der Waals surface area contributed by atoms with Crippen molar-refractivity contribution in [3.05, 3.63) is 121 Å². The molecule has 2 fully saturated rings. The number of benzene rings is 4. The van der Waals surface area contributed by atoms with Crippen LogP contribution in [0.15, 0.2) is 115 Å². The molecule has 316 valence electrons. The van der Waals surface area contributed by atoms with Crippen molar-refractivity contribution in [3.8, 4) is 0 Å². The summed E-state index contributed by atoms with van der Waals surface area (Å²) in [6.45, 7) is 12.2. The Morgan fingerprint density at radius 2 is 1.48 bits per heavy atom. The van der Waals surface area contributed by atoms with Crippen LogP contribution in [0.1, 0.15) is 85.6 Å². The molecule has 2 aliphatic heterocycles. The zero-order chi connectivity index (χ0) is 43.1. The third-order valence-corrected chi connectivity index (χ3v) is 17.4. The maximum absolute atomic E-state index is 14.3. The first-order chi connectivity index (χ1) is 28.7. The van der Waals surface area contributed by atoms with Gasteiger partial charge in [0.15, 0.2) is 5.78 Å². The fourth-order valence-electron chi connectivity index (χ4n) is 8.68. The average Bonchev–Trinajstić information content (AvgIpc) is 3.74. The van der Waals surface area contributed by atoms with Crippen LogP contribution in [0.3, 0.4) is 0 Å². The lowest BCUT2D eigenvalue weighted by molar-refractivity contribution is -0.144. The van der Waals surface area contributed by atoms with Gasteiger partial charge in [-0.2, -0.15) is 0 Å². The molecule has 5 atom stereocenters. The van der Waals surface area contributed by atoms with Crippen LogP contribution in [0.4, 0.5) is 0 Å². The quantitative estimate of drug-likeness (QED) is 0.114. The highest BCUT2D eigenvalue weighted by molar-refractivity contribution is 6.99. The second-order valence-electron chi connectivity index (χ2n) is 17.4. The third-order valence-electron chi connectivity index (χ3n) is 12.3. The van der Waals surface area contributed by atoms with E-state index in [4.69, 9.17) is 4.43 Å². The summed E-state index contributed by atoms with van der Waals surface area (Å²) in [5.74, 6) is -1.74. The Balaban J connectivity index is 1.15. The highest BCUT2D eigenvalue weighted by atomic mass is 28.4. The maximum atomic E-state index is 14.3. The summed E-state index contributed by atoms with van der Waals surface area (Å²) < 4.78 is 7.01. The van der Waals surface area contributed by atoms with Crippen molar-refractivity contribution in [1.82, 2.24) is 20.9 Å². The molecule has 2 aliphatic rings. The molecule has 10 nitrogen and oxygen atoms in total. The molecule has 2 saturated heterocycles. The van der Waals surface area contributed by atoms with E-state index in [9.17, 15) is 24.0 Å². The lowest BCUT2D eigenvalue weighted by atomic mass is 9.93. The van der Waals surface area contributed by atoms with E-state index in [0.29, 0.717) is 25.8 Å². The van der Waals surface area contributed by atoms with Crippen molar-refractivity contribution in [2.45, 2.75) is 121 Å². The van der Waals surface area contributed by atoms with Gasteiger partial charge in [-0.3, -0.25) is 24.0 Å². The lowest BCUT2D eigenvalue weighted by Crippen LogP contribution is -2.68. The molecule has 0 saturated carbocycles. The van der Waals surface area contributed by atoms with Gasteiger partial charge in [-0.05, 0) is 77.7 Å². The number of amides is 4. The van der Waals surface area contributed by atoms with Crippen molar-refractivity contribution in [2.75, 3.05) is 6.54 Å². The summed E-state index contributed by atoms with van der Waals surface area (Å²) in [5, 5.41) is 12.8. The molecule has 0 radical (unpaired) electrons. The summed E-state index contributed by atoms with van der Waals surface area (Å²) in [6.07, 6.45) is 5.25. The lowest BCUT2D eigenvalue weighted by Gasteiger charge is -2.44. The van der Waals surface area contributed by atoms with Gasteiger partial charge in [0, 0.05) is 19.4 Å². The third kappa shape index (κ3) is 9.47. The average molecular weight is 829 g/mol. The van der Waals surface area contributed by atoms with Gasteiger partial charge < -0.3 is 25.3 Å². The summed E-state index contributed by atoms with van der Waals surface area (Å²) >= 11 is 0. The molecule has 4 aromatic carbocycles. The Morgan fingerprint density at radius 3 is 2.13 bits per heavy atom. The monoisotopic (exact) mass is 828 g/mol. The minimum atomic E-state index is -2.94. The van der Waals surface area contributed by atoms with Gasteiger partial charge in [0.05, 0.1) is 0 Å². The van der Waals surface area contributed by atoms with Gasteiger partial charge >= 0.3 is 0 Å². The molecule has 6 rings (SSSR count). The smallest absolute Gasteiger partial charge is 0.262 e. The molecule has 11 heteroatoms. The number of allylic oxidation sites excluding steroid dienone is 2. The molecule has 1 unspecified atom stereocenters. The first-order valence-electron chi connectivity index (χ1n) is 21.4. The number of nitrogens with one attached hydrogen (secondary N) is 3. The van der Waals surface area contributed by atoms with Gasteiger partial charge in [0.1, 0.15) is 29.8 Å². The van der Waals surface area contributed by atoms with Gasteiger partial charge in [-0.25, -0.2) is 0 Å². The van der Waals surface area contributed by atoms with Crippen LogP contribution in [0, 0.1) is 0 Å². The van der Waals surface area contributed by atoms with Gasteiger partial charge in [-0.15, -0.1) is 0 Å². The molecule has 0 aliphatic carbocycles. The number of nitrogens with zero attached hydrogens (tertiary/aromatic N) is 1. The van der Waals surface area contributed by atoms with Crippen LogP contribution in [0.2, 0.25) is 5.04 Å². The number of rotatable bonds is 13. The Labute approximate surface area is 355 Å². The van der Waals surface area contributed by atoms with Gasteiger partial charge in [0.25, 0.3) is 8.32 Å². The summed E-state index contributed by atoms with van der Waals surface area (Å²) in [7, 11) is -2.94. The standard InChI is InChI=1S/C49H60N4O6Si/c1-7-49(6)47(58)51-41(33-36-23-19-22-35-21-17-18-28-39(35)36)46(57)53-32-20-30-42(53)45(56)50-40(44(55)52-49)29-15-10-16-31-43(54)34(2)59-60(48(3,4)5,37-24-11-8-12-25-37)38-26-13-9-14-27-38/h8-14,16-19,21-28,34,40-42H,7,15,20,29-33H2,1-6H3,(H,50,56)(H,51,58)(H,52,55)/t34-,40+,41?,42-,49+/m1/s1. The summed E-state index contributed by atoms with van der Waals surface area (Å²) in [6, 6.07) is 31.5. The molecule has 4 aromatic rings. The topological polar surface area (TPSA) is 134 Å².